The Morgan fingerprint density at radius 1 is 1.26 bits per heavy atom. The van der Waals surface area contributed by atoms with Crippen LogP contribution in [0.15, 0.2) is 24.3 Å². The number of nitrogens with one attached hydrogen (secondary N) is 1. The zero-order valence-corrected chi connectivity index (χ0v) is 17.7. The van der Waals surface area contributed by atoms with Gasteiger partial charge in [0, 0.05) is 25.0 Å². The molecule has 3 aliphatic rings. The third-order valence-electron chi connectivity index (χ3n) is 7.46. The van der Waals surface area contributed by atoms with Crippen LogP contribution < -0.4 is 5.32 Å². The SMILES string of the molecule is C[C@H]1[C@@H](OC(=O)NCc2cccc(C(F)(F)F)c2)CC[C@@]23CCCN2C(=O)CCC[C@@H]13. The predicted molar refractivity (Wildman–Crippen MR) is 108 cm³/mol. The number of alkyl halides is 3. The standard InChI is InChI=1S/C23H29F3N2O3/c1-15-18-7-3-8-20(29)28-12-4-10-22(18,28)11-9-19(15)31-21(30)27-14-16-5-2-6-17(13-16)23(24,25)26/h2,5-6,13,15,18-19H,3-4,7-12,14H2,1H3,(H,27,30)/t15-,18+,19+,22-/m1/s1. The number of hydrogen-bond acceptors (Lipinski definition) is 3. The molecule has 2 aliphatic heterocycles. The van der Waals surface area contributed by atoms with Crippen LogP contribution in [0.2, 0.25) is 0 Å². The van der Waals surface area contributed by atoms with E-state index in [0.717, 1.165) is 50.8 Å². The summed E-state index contributed by atoms with van der Waals surface area (Å²) in [6.45, 7) is 2.90. The molecular weight excluding hydrogens is 409 g/mol. The smallest absolute Gasteiger partial charge is 0.416 e. The first-order valence-corrected chi connectivity index (χ1v) is 11.1. The van der Waals surface area contributed by atoms with Crippen molar-refractivity contribution in [1.29, 1.82) is 0 Å². The minimum absolute atomic E-state index is 0.0283. The van der Waals surface area contributed by atoms with Crippen LogP contribution in [0.3, 0.4) is 0 Å². The summed E-state index contributed by atoms with van der Waals surface area (Å²) in [7, 11) is 0. The first-order chi connectivity index (χ1) is 14.7. The van der Waals surface area contributed by atoms with E-state index >= 15 is 0 Å². The second-order valence-corrected chi connectivity index (χ2v) is 9.14. The first-order valence-electron chi connectivity index (χ1n) is 11.1. The van der Waals surface area contributed by atoms with Gasteiger partial charge in [-0.1, -0.05) is 19.1 Å². The van der Waals surface area contributed by atoms with Gasteiger partial charge in [0.15, 0.2) is 0 Å². The Labute approximate surface area is 180 Å². The van der Waals surface area contributed by atoms with E-state index in [-0.39, 0.29) is 30.0 Å². The minimum atomic E-state index is -4.42. The molecule has 1 spiro atoms. The van der Waals surface area contributed by atoms with Crippen molar-refractivity contribution < 1.29 is 27.5 Å². The van der Waals surface area contributed by atoms with Gasteiger partial charge in [0.1, 0.15) is 6.10 Å². The van der Waals surface area contributed by atoms with Crippen molar-refractivity contribution in [1.82, 2.24) is 10.2 Å². The van der Waals surface area contributed by atoms with Crippen molar-refractivity contribution >= 4 is 12.0 Å². The number of alkyl carbamates (subject to hydrolysis) is 1. The highest BCUT2D eigenvalue weighted by Gasteiger charge is 2.55. The summed E-state index contributed by atoms with van der Waals surface area (Å²) in [5, 5.41) is 2.59. The largest absolute Gasteiger partial charge is 0.446 e. The molecule has 1 N–H and O–H groups in total. The molecule has 1 saturated carbocycles. The van der Waals surface area contributed by atoms with Crippen LogP contribution in [0.5, 0.6) is 0 Å². The van der Waals surface area contributed by atoms with Gasteiger partial charge in [0.25, 0.3) is 0 Å². The van der Waals surface area contributed by atoms with Gasteiger partial charge in [0.2, 0.25) is 5.91 Å². The van der Waals surface area contributed by atoms with E-state index in [1.165, 1.54) is 6.07 Å². The normalized spacial score (nSPS) is 30.9. The fraction of sp³-hybridized carbons (Fsp3) is 0.652. The number of rotatable bonds is 3. The fourth-order valence-corrected chi connectivity index (χ4v) is 6.03. The lowest BCUT2D eigenvalue weighted by Gasteiger charge is -2.51. The number of carbonyl (C=O) groups excluding carboxylic acids is 2. The van der Waals surface area contributed by atoms with E-state index < -0.39 is 17.8 Å². The molecule has 4 atom stereocenters. The first kappa shape index (κ1) is 22.0. The van der Waals surface area contributed by atoms with Crippen LogP contribution in [0, 0.1) is 11.8 Å². The van der Waals surface area contributed by atoms with Crippen molar-refractivity contribution in [3.63, 3.8) is 0 Å². The highest BCUT2D eigenvalue weighted by Crippen LogP contribution is 2.52. The van der Waals surface area contributed by atoms with Crippen LogP contribution in [0.25, 0.3) is 0 Å². The lowest BCUT2D eigenvalue weighted by molar-refractivity contribution is -0.140. The molecule has 8 heteroatoms. The molecule has 170 valence electrons. The Hall–Kier alpha value is -2.25. The maximum absolute atomic E-state index is 12.9. The fourth-order valence-electron chi connectivity index (χ4n) is 6.03. The molecule has 4 rings (SSSR count). The monoisotopic (exact) mass is 438 g/mol. The molecule has 2 heterocycles. The average Bonchev–Trinajstić information content (AvgIpc) is 3.09. The molecule has 1 aliphatic carbocycles. The number of hydrogen-bond donors (Lipinski definition) is 1. The van der Waals surface area contributed by atoms with Crippen molar-refractivity contribution in [3.8, 4) is 0 Å². The summed E-state index contributed by atoms with van der Waals surface area (Å²) in [5.74, 6) is 0.682. The summed E-state index contributed by atoms with van der Waals surface area (Å²) in [6.07, 6.45) is 0.686. The molecule has 1 aromatic carbocycles. The third-order valence-corrected chi connectivity index (χ3v) is 7.46. The molecule has 0 bridgehead atoms. The Morgan fingerprint density at radius 3 is 2.84 bits per heavy atom. The van der Waals surface area contributed by atoms with Gasteiger partial charge in [-0.2, -0.15) is 13.2 Å². The lowest BCUT2D eigenvalue weighted by atomic mass is 9.64. The Morgan fingerprint density at radius 2 is 2.06 bits per heavy atom. The minimum Gasteiger partial charge on any atom is -0.446 e. The molecule has 0 radical (unpaired) electrons. The molecule has 2 amide bonds. The maximum atomic E-state index is 12.9. The van der Waals surface area contributed by atoms with Crippen molar-refractivity contribution in [2.24, 2.45) is 11.8 Å². The van der Waals surface area contributed by atoms with Gasteiger partial charge in [-0.25, -0.2) is 4.79 Å². The molecule has 3 fully saturated rings. The van der Waals surface area contributed by atoms with E-state index in [0.29, 0.717) is 24.3 Å². The summed E-state index contributed by atoms with van der Waals surface area (Å²) < 4.78 is 44.3. The molecule has 0 unspecified atom stereocenters. The van der Waals surface area contributed by atoms with Crippen LogP contribution >= 0.6 is 0 Å². The van der Waals surface area contributed by atoms with Gasteiger partial charge in [-0.15, -0.1) is 0 Å². The maximum Gasteiger partial charge on any atom is 0.416 e. The molecule has 5 nitrogen and oxygen atoms in total. The number of benzene rings is 1. The van der Waals surface area contributed by atoms with E-state index in [9.17, 15) is 22.8 Å². The number of halogens is 3. The average molecular weight is 438 g/mol. The second kappa shape index (κ2) is 8.36. The summed E-state index contributed by atoms with van der Waals surface area (Å²) in [5.41, 5.74) is -0.469. The molecule has 0 aromatic heterocycles. The van der Waals surface area contributed by atoms with E-state index in [2.05, 4.69) is 17.1 Å². The van der Waals surface area contributed by atoms with Gasteiger partial charge in [0.05, 0.1) is 5.56 Å². The van der Waals surface area contributed by atoms with Gasteiger partial charge >= 0.3 is 12.3 Å². The van der Waals surface area contributed by atoms with Crippen LogP contribution in [-0.2, 0) is 22.3 Å². The predicted octanol–water partition coefficient (Wildman–Crippen LogP) is 4.89. The Kier molecular flexibility index (Phi) is 5.92. The topological polar surface area (TPSA) is 58.6 Å². The van der Waals surface area contributed by atoms with Crippen LogP contribution in [-0.4, -0.2) is 35.1 Å². The second-order valence-electron chi connectivity index (χ2n) is 9.14. The summed E-state index contributed by atoms with van der Waals surface area (Å²) in [6, 6.07) is 4.91. The number of carbonyl (C=O) groups is 2. The summed E-state index contributed by atoms with van der Waals surface area (Å²) >= 11 is 0. The van der Waals surface area contributed by atoms with Gasteiger partial charge < -0.3 is 15.0 Å². The number of nitrogens with zero attached hydrogens (tertiary/aromatic N) is 1. The van der Waals surface area contributed by atoms with Gasteiger partial charge in [-0.3, -0.25) is 4.79 Å². The van der Waals surface area contributed by atoms with Crippen molar-refractivity contribution in [3.05, 3.63) is 35.4 Å². The molecule has 31 heavy (non-hydrogen) atoms. The zero-order valence-electron chi connectivity index (χ0n) is 17.7. The molecular formula is C23H29F3N2O3. The van der Waals surface area contributed by atoms with E-state index in [1.54, 1.807) is 6.07 Å². The van der Waals surface area contributed by atoms with E-state index in [1.807, 2.05) is 0 Å². The summed E-state index contributed by atoms with van der Waals surface area (Å²) in [4.78, 5) is 27.1. The Bertz CT molecular complexity index is 844. The molecule has 1 aromatic rings. The van der Waals surface area contributed by atoms with Gasteiger partial charge in [-0.05, 0) is 68.1 Å². The highest BCUT2D eigenvalue weighted by molar-refractivity contribution is 5.78. The quantitative estimate of drug-likeness (QED) is 0.731. The number of amides is 2. The lowest BCUT2D eigenvalue weighted by Crippen LogP contribution is -2.58. The highest BCUT2D eigenvalue weighted by atomic mass is 19.4. The zero-order chi connectivity index (χ0) is 22.2. The van der Waals surface area contributed by atoms with Crippen LogP contribution in [0.1, 0.15) is 63.0 Å². The Balaban J connectivity index is 1.37. The van der Waals surface area contributed by atoms with Crippen molar-refractivity contribution in [2.75, 3.05) is 6.54 Å². The van der Waals surface area contributed by atoms with Crippen LogP contribution in [0.4, 0.5) is 18.0 Å². The molecule has 2 saturated heterocycles. The van der Waals surface area contributed by atoms with Crippen molar-refractivity contribution in [2.45, 2.75) is 76.2 Å². The third kappa shape index (κ3) is 4.26. The number of ether oxygens (including phenoxy) is 1. The van der Waals surface area contributed by atoms with E-state index in [4.69, 9.17) is 4.74 Å².